The zero-order chi connectivity index (χ0) is 16.4. The quantitative estimate of drug-likeness (QED) is 0.705. The van der Waals surface area contributed by atoms with Gasteiger partial charge in [0, 0.05) is 16.8 Å². The van der Waals surface area contributed by atoms with Crippen molar-refractivity contribution in [2.24, 2.45) is 0 Å². The highest BCUT2D eigenvalue weighted by molar-refractivity contribution is 7.80. The molecule has 0 aliphatic rings. The van der Waals surface area contributed by atoms with E-state index in [4.69, 9.17) is 16.6 Å². The number of para-hydroxylation sites is 1. The van der Waals surface area contributed by atoms with Crippen LogP contribution < -0.4 is 10.6 Å². The summed E-state index contributed by atoms with van der Waals surface area (Å²) in [6, 6.07) is 10.9. The van der Waals surface area contributed by atoms with Crippen molar-refractivity contribution in [3.05, 3.63) is 53.5 Å². The molecule has 1 aromatic carbocycles. The summed E-state index contributed by atoms with van der Waals surface area (Å²) in [7, 11) is 0. The highest BCUT2D eigenvalue weighted by Gasteiger charge is 2.14. The van der Waals surface area contributed by atoms with Crippen molar-refractivity contribution in [3.8, 4) is 0 Å². The van der Waals surface area contributed by atoms with E-state index in [-0.39, 0.29) is 10.9 Å². The van der Waals surface area contributed by atoms with Gasteiger partial charge in [0.2, 0.25) is 5.95 Å². The number of carbonyl (C=O) groups is 1. The van der Waals surface area contributed by atoms with Gasteiger partial charge in [0.1, 0.15) is 5.58 Å². The summed E-state index contributed by atoms with van der Waals surface area (Å²) < 4.78 is 5.49. The molecule has 1 amide bonds. The number of aromatic nitrogens is 2. The second kappa shape index (κ2) is 6.13. The Hall–Kier alpha value is -2.80. The molecule has 6 nitrogen and oxygen atoms in total. The highest BCUT2D eigenvalue weighted by Crippen LogP contribution is 2.18. The van der Waals surface area contributed by atoms with E-state index < -0.39 is 5.91 Å². The van der Waals surface area contributed by atoms with E-state index in [2.05, 4.69) is 20.6 Å². The molecule has 0 unspecified atom stereocenters. The Morgan fingerprint density at radius 3 is 2.52 bits per heavy atom. The number of benzene rings is 1. The summed E-state index contributed by atoms with van der Waals surface area (Å²) in [4.78, 5) is 20.6. The predicted octanol–water partition coefficient (Wildman–Crippen LogP) is 2.97. The predicted molar refractivity (Wildman–Crippen MR) is 91.4 cm³/mol. The molecule has 2 heterocycles. The Balaban J connectivity index is 1.70. The van der Waals surface area contributed by atoms with Crippen molar-refractivity contribution in [2.45, 2.75) is 13.8 Å². The summed E-state index contributed by atoms with van der Waals surface area (Å²) in [5.74, 6) is 0.108. The number of fused-ring (bicyclic) bond motifs is 1. The summed E-state index contributed by atoms with van der Waals surface area (Å²) >= 11 is 5.11. The van der Waals surface area contributed by atoms with E-state index >= 15 is 0 Å². The van der Waals surface area contributed by atoms with E-state index in [9.17, 15) is 4.79 Å². The van der Waals surface area contributed by atoms with Crippen molar-refractivity contribution < 1.29 is 9.21 Å². The summed E-state index contributed by atoms with van der Waals surface area (Å²) in [6.45, 7) is 3.71. The lowest BCUT2D eigenvalue weighted by atomic mass is 10.2. The molecule has 23 heavy (non-hydrogen) atoms. The van der Waals surface area contributed by atoms with Gasteiger partial charge in [0.05, 0.1) is 0 Å². The molecule has 0 fully saturated rings. The van der Waals surface area contributed by atoms with Crippen LogP contribution in [0.25, 0.3) is 11.0 Å². The van der Waals surface area contributed by atoms with Gasteiger partial charge in [-0.3, -0.25) is 10.1 Å². The molecule has 2 aromatic heterocycles. The van der Waals surface area contributed by atoms with Crippen molar-refractivity contribution in [3.63, 3.8) is 0 Å². The Labute approximate surface area is 137 Å². The first kappa shape index (κ1) is 15.1. The zero-order valence-corrected chi connectivity index (χ0v) is 13.4. The van der Waals surface area contributed by atoms with Crippen LogP contribution in [0.4, 0.5) is 5.95 Å². The number of carbonyl (C=O) groups excluding carboxylic acids is 1. The Kier molecular flexibility index (Phi) is 4.03. The maximum absolute atomic E-state index is 12.2. The second-order valence-electron chi connectivity index (χ2n) is 5.03. The average molecular weight is 326 g/mol. The number of amides is 1. The first-order valence-electron chi connectivity index (χ1n) is 6.94. The highest BCUT2D eigenvalue weighted by atomic mass is 32.1. The minimum absolute atomic E-state index is 0.112. The third-order valence-electron chi connectivity index (χ3n) is 3.08. The standard InChI is InChI=1S/C16H14N4O2S/c1-9-7-10(2)18-15(17-9)20-16(23)19-14(21)13-8-11-5-3-4-6-12(11)22-13/h3-8H,1-2H3,(H2,17,18,19,20,21,23). The molecule has 3 rings (SSSR count). The monoisotopic (exact) mass is 326 g/mol. The minimum Gasteiger partial charge on any atom is -0.451 e. The van der Waals surface area contributed by atoms with E-state index in [0.717, 1.165) is 16.8 Å². The van der Waals surface area contributed by atoms with Crippen molar-refractivity contribution in [1.82, 2.24) is 15.3 Å². The van der Waals surface area contributed by atoms with Crippen molar-refractivity contribution >= 4 is 40.2 Å². The van der Waals surface area contributed by atoms with Gasteiger partial charge in [-0.15, -0.1) is 0 Å². The van der Waals surface area contributed by atoms with Crippen LogP contribution >= 0.6 is 12.2 Å². The van der Waals surface area contributed by atoms with Crippen LogP contribution in [-0.2, 0) is 0 Å². The van der Waals surface area contributed by atoms with Crippen LogP contribution in [0.3, 0.4) is 0 Å². The molecule has 0 aliphatic carbocycles. The first-order valence-corrected chi connectivity index (χ1v) is 7.35. The van der Waals surface area contributed by atoms with Gasteiger partial charge in [-0.2, -0.15) is 0 Å². The van der Waals surface area contributed by atoms with Gasteiger partial charge in [-0.05, 0) is 44.3 Å². The number of thiocarbonyl (C=S) groups is 1. The van der Waals surface area contributed by atoms with Crippen LogP contribution in [0, 0.1) is 13.8 Å². The molecule has 0 aliphatic heterocycles. The molecule has 0 saturated heterocycles. The minimum atomic E-state index is -0.428. The largest absolute Gasteiger partial charge is 0.451 e. The topological polar surface area (TPSA) is 80.0 Å². The normalized spacial score (nSPS) is 10.5. The lowest BCUT2D eigenvalue weighted by Gasteiger charge is -2.08. The van der Waals surface area contributed by atoms with Crippen LogP contribution in [0.5, 0.6) is 0 Å². The van der Waals surface area contributed by atoms with Gasteiger partial charge in [0.25, 0.3) is 5.91 Å². The Morgan fingerprint density at radius 1 is 1.13 bits per heavy atom. The number of anilines is 1. The lowest BCUT2D eigenvalue weighted by molar-refractivity contribution is 0.0953. The molecule has 0 atom stereocenters. The van der Waals surface area contributed by atoms with E-state index in [1.165, 1.54) is 0 Å². The van der Waals surface area contributed by atoms with Gasteiger partial charge in [0.15, 0.2) is 10.9 Å². The molecule has 116 valence electrons. The summed E-state index contributed by atoms with van der Waals surface area (Å²) in [5.41, 5.74) is 2.27. The molecule has 3 aromatic rings. The molecular formula is C16H14N4O2S. The fraction of sp³-hybridized carbons (Fsp3) is 0.125. The van der Waals surface area contributed by atoms with Crippen LogP contribution in [0.2, 0.25) is 0 Å². The second-order valence-corrected chi connectivity index (χ2v) is 5.44. The van der Waals surface area contributed by atoms with E-state index in [1.807, 2.05) is 38.1 Å². The Morgan fingerprint density at radius 2 is 1.83 bits per heavy atom. The molecule has 2 N–H and O–H groups in total. The van der Waals surface area contributed by atoms with Gasteiger partial charge in [-0.25, -0.2) is 9.97 Å². The number of hydrogen-bond acceptors (Lipinski definition) is 5. The number of furan rings is 1. The fourth-order valence-electron chi connectivity index (χ4n) is 2.17. The maximum atomic E-state index is 12.2. The number of rotatable bonds is 2. The van der Waals surface area contributed by atoms with Crippen LogP contribution in [-0.4, -0.2) is 21.0 Å². The van der Waals surface area contributed by atoms with Crippen LogP contribution in [0.15, 0.2) is 40.8 Å². The van der Waals surface area contributed by atoms with Crippen LogP contribution in [0.1, 0.15) is 21.9 Å². The van der Waals surface area contributed by atoms with Crippen molar-refractivity contribution in [2.75, 3.05) is 5.32 Å². The smallest absolute Gasteiger partial charge is 0.293 e. The van der Waals surface area contributed by atoms with E-state index in [1.54, 1.807) is 12.1 Å². The number of nitrogens with zero attached hydrogens (tertiary/aromatic N) is 2. The van der Waals surface area contributed by atoms with Gasteiger partial charge >= 0.3 is 0 Å². The van der Waals surface area contributed by atoms with Gasteiger partial charge in [-0.1, -0.05) is 18.2 Å². The SMILES string of the molecule is Cc1cc(C)nc(NC(=S)NC(=O)c2cc3ccccc3o2)n1. The zero-order valence-electron chi connectivity index (χ0n) is 12.6. The third kappa shape index (κ3) is 3.51. The first-order chi connectivity index (χ1) is 11.0. The van der Waals surface area contributed by atoms with E-state index in [0.29, 0.717) is 11.5 Å². The average Bonchev–Trinajstić information content (AvgIpc) is 2.89. The number of hydrogen-bond donors (Lipinski definition) is 2. The molecule has 7 heteroatoms. The Bertz CT molecular complexity index is 851. The third-order valence-corrected chi connectivity index (χ3v) is 3.29. The summed E-state index contributed by atoms with van der Waals surface area (Å²) in [5, 5.41) is 6.31. The fourth-order valence-corrected chi connectivity index (χ4v) is 2.36. The molecule has 0 radical (unpaired) electrons. The maximum Gasteiger partial charge on any atom is 0.293 e. The molecule has 0 saturated carbocycles. The molecular weight excluding hydrogens is 312 g/mol. The van der Waals surface area contributed by atoms with Crippen molar-refractivity contribution in [1.29, 1.82) is 0 Å². The number of nitrogens with one attached hydrogen (secondary N) is 2. The molecule has 0 spiro atoms. The lowest BCUT2D eigenvalue weighted by Crippen LogP contribution is -2.34. The van der Waals surface area contributed by atoms with Gasteiger partial charge < -0.3 is 9.73 Å². The summed E-state index contributed by atoms with van der Waals surface area (Å²) in [6.07, 6.45) is 0. The number of aryl methyl sites for hydroxylation is 2. The molecule has 0 bridgehead atoms.